The van der Waals surface area contributed by atoms with E-state index in [9.17, 15) is 4.57 Å². The molecule has 2 heteroatoms. The van der Waals surface area contributed by atoms with Gasteiger partial charge in [-0.3, -0.25) is 4.57 Å². The monoisotopic (exact) mass is 214 g/mol. The second kappa shape index (κ2) is 4.86. The Morgan fingerprint density at radius 1 is 0.800 bits per heavy atom. The second-order valence-corrected chi connectivity index (χ2v) is 4.12. The van der Waals surface area contributed by atoms with E-state index in [2.05, 4.69) is 12.1 Å². The number of benzene rings is 2. The van der Waals surface area contributed by atoms with E-state index in [4.69, 9.17) is 0 Å². The molecule has 0 aliphatic rings. The average molecular weight is 214 g/mol. The fraction of sp³-hybridized carbons (Fsp3) is 0.0769. The molecular formula is C13H11OP. The van der Waals surface area contributed by atoms with Crippen LogP contribution in [0.2, 0.25) is 0 Å². The molecular weight excluding hydrogens is 203 g/mol. The van der Waals surface area contributed by atoms with Crippen molar-refractivity contribution in [2.24, 2.45) is 0 Å². The quantitative estimate of drug-likeness (QED) is 0.717. The standard InChI is InChI=1S/C13H11OP/c14-15-13-8-6-12(7-9-13)10-11-4-2-1-3-5-11/h1-9H,10H2. The van der Waals surface area contributed by atoms with Crippen LogP contribution in [0.4, 0.5) is 0 Å². The van der Waals surface area contributed by atoms with Gasteiger partial charge in [-0.15, -0.1) is 0 Å². The van der Waals surface area contributed by atoms with Gasteiger partial charge in [0.05, 0.1) is 0 Å². The summed E-state index contributed by atoms with van der Waals surface area (Å²) in [5.74, 6) is 0. The summed E-state index contributed by atoms with van der Waals surface area (Å²) in [5.41, 5.74) is 2.54. The molecule has 0 bridgehead atoms. The highest BCUT2D eigenvalue weighted by Gasteiger charge is 1.96. The van der Waals surface area contributed by atoms with Crippen LogP contribution in [0.25, 0.3) is 0 Å². The van der Waals surface area contributed by atoms with Crippen LogP contribution in [0.5, 0.6) is 0 Å². The van der Waals surface area contributed by atoms with E-state index in [1.54, 1.807) is 0 Å². The molecule has 2 aromatic rings. The number of hydrogen-bond donors (Lipinski definition) is 0. The first-order chi connectivity index (χ1) is 7.38. The summed E-state index contributed by atoms with van der Waals surface area (Å²) < 4.78 is 10.6. The topological polar surface area (TPSA) is 17.1 Å². The summed E-state index contributed by atoms with van der Waals surface area (Å²) in [6.07, 6.45) is 0.927. The lowest BCUT2D eigenvalue weighted by atomic mass is 10.1. The fourth-order valence-electron chi connectivity index (χ4n) is 1.51. The minimum atomic E-state index is 0.0891. The number of hydrogen-bond acceptors (Lipinski definition) is 1. The molecule has 0 spiro atoms. The SMILES string of the molecule is O=Pc1ccc(Cc2ccccc2)cc1. The van der Waals surface area contributed by atoms with Gasteiger partial charge in [-0.05, 0) is 29.7 Å². The molecule has 0 unspecified atom stereocenters. The third-order valence-electron chi connectivity index (χ3n) is 2.29. The van der Waals surface area contributed by atoms with Crippen LogP contribution >= 0.6 is 8.46 Å². The minimum Gasteiger partial charge on any atom is -0.269 e. The van der Waals surface area contributed by atoms with Crippen molar-refractivity contribution in [1.82, 2.24) is 0 Å². The Kier molecular flexibility index (Phi) is 3.26. The Morgan fingerprint density at radius 3 is 2.00 bits per heavy atom. The maximum absolute atomic E-state index is 10.6. The normalized spacial score (nSPS) is 10.4. The fourth-order valence-corrected chi connectivity index (χ4v) is 1.78. The summed E-state index contributed by atoms with van der Waals surface area (Å²) in [6, 6.07) is 18.2. The zero-order valence-corrected chi connectivity index (χ0v) is 9.15. The molecule has 2 rings (SSSR count). The summed E-state index contributed by atoms with van der Waals surface area (Å²) in [6.45, 7) is 0. The van der Waals surface area contributed by atoms with Crippen molar-refractivity contribution in [3.8, 4) is 0 Å². The lowest BCUT2D eigenvalue weighted by Gasteiger charge is -2.01. The summed E-state index contributed by atoms with van der Waals surface area (Å²) >= 11 is 0. The largest absolute Gasteiger partial charge is 0.269 e. The summed E-state index contributed by atoms with van der Waals surface area (Å²) in [4.78, 5) is 0. The first kappa shape index (κ1) is 10.1. The summed E-state index contributed by atoms with van der Waals surface area (Å²) in [5, 5.41) is 0.826. The van der Waals surface area contributed by atoms with Crippen LogP contribution in [0, 0.1) is 0 Å². The Labute approximate surface area is 91.0 Å². The molecule has 15 heavy (non-hydrogen) atoms. The average Bonchev–Trinajstić information content (AvgIpc) is 2.31. The predicted molar refractivity (Wildman–Crippen MR) is 62.9 cm³/mol. The van der Waals surface area contributed by atoms with Gasteiger partial charge < -0.3 is 0 Å². The Bertz CT molecular complexity index is 434. The minimum absolute atomic E-state index is 0.0891. The summed E-state index contributed by atoms with van der Waals surface area (Å²) in [7, 11) is 0.0891. The molecule has 0 aliphatic heterocycles. The van der Waals surface area contributed by atoms with Crippen LogP contribution in [-0.4, -0.2) is 0 Å². The van der Waals surface area contributed by atoms with E-state index < -0.39 is 0 Å². The highest BCUT2D eigenvalue weighted by atomic mass is 31.1. The molecule has 0 heterocycles. The maximum Gasteiger partial charge on any atom is 0.192 e. The maximum atomic E-state index is 10.6. The molecule has 0 aliphatic carbocycles. The van der Waals surface area contributed by atoms with Gasteiger partial charge in [0.25, 0.3) is 0 Å². The molecule has 0 saturated carbocycles. The Hall–Kier alpha value is -1.46. The molecule has 0 radical (unpaired) electrons. The van der Waals surface area contributed by atoms with Gasteiger partial charge in [-0.2, -0.15) is 0 Å². The highest BCUT2D eigenvalue weighted by Crippen LogP contribution is 2.08. The predicted octanol–water partition coefficient (Wildman–Crippen LogP) is 3.19. The van der Waals surface area contributed by atoms with Crippen LogP contribution in [0.3, 0.4) is 0 Å². The van der Waals surface area contributed by atoms with Gasteiger partial charge in [0, 0.05) is 5.30 Å². The van der Waals surface area contributed by atoms with Gasteiger partial charge in [-0.25, -0.2) is 0 Å². The Morgan fingerprint density at radius 2 is 1.40 bits per heavy atom. The molecule has 2 aromatic carbocycles. The highest BCUT2D eigenvalue weighted by molar-refractivity contribution is 7.34. The Balaban J connectivity index is 2.15. The van der Waals surface area contributed by atoms with Crippen molar-refractivity contribution in [3.63, 3.8) is 0 Å². The zero-order chi connectivity index (χ0) is 10.5. The molecule has 0 atom stereocenters. The third-order valence-corrected chi connectivity index (χ3v) is 2.80. The van der Waals surface area contributed by atoms with Gasteiger partial charge in [0.1, 0.15) is 0 Å². The van der Waals surface area contributed by atoms with Crippen molar-refractivity contribution in [2.75, 3.05) is 0 Å². The van der Waals surface area contributed by atoms with Gasteiger partial charge in [0.15, 0.2) is 8.46 Å². The van der Waals surface area contributed by atoms with E-state index >= 15 is 0 Å². The first-order valence-corrected chi connectivity index (χ1v) is 5.66. The smallest absolute Gasteiger partial charge is 0.192 e. The zero-order valence-electron chi connectivity index (χ0n) is 8.26. The third kappa shape index (κ3) is 2.74. The van der Waals surface area contributed by atoms with Crippen LogP contribution < -0.4 is 5.30 Å². The van der Waals surface area contributed by atoms with Crippen molar-refractivity contribution < 1.29 is 4.57 Å². The van der Waals surface area contributed by atoms with E-state index in [1.807, 2.05) is 42.5 Å². The van der Waals surface area contributed by atoms with E-state index in [1.165, 1.54) is 11.1 Å². The second-order valence-electron chi connectivity index (χ2n) is 3.42. The molecule has 74 valence electrons. The van der Waals surface area contributed by atoms with Crippen molar-refractivity contribution >= 4 is 13.8 Å². The first-order valence-electron chi connectivity index (χ1n) is 4.85. The van der Waals surface area contributed by atoms with Crippen molar-refractivity contribution in [3.05, 3.63) is 65.7 Å². The molecule has 0 saturated heterocycles. The lowest BCUT2D eigenvalue weighted by Crippen LogP contribution is -1.93. The van der Waals surface area contributed by atoms with E-state index in [0.717, 1.165) is 11.7 Å². The van der Waals surface area contributed by atoms with Crippen molar-refractivity contribution in [2.45, 2.75) is 6.42 Å². The molecule has 0 fully saturated rings. The van der Waals surface area contributed by atoms with Crippen molar-refractivity contribution in [1.29, 1.82) is 0 Å². The number of rotatable bonds is 3. The van der Waals surface area contributed by atoms with Gasteiger partial charge in [-0.1, -0.05) is 42.5 Å². The van der Waals surface area contributed by atoms with Crippen LogP contribution in [-0.2, 0) is 11.0 Å². The molecule has 0 amide bonds. The molecule has 0 N–H and O–H groups in total. The lowest BCUT2D eigenvalue weighted by molar-refractivity contribution is 0.603. The van der Waals surface area contributed by atoms with E-state index in [-0.39, 0.29) is 8.46 Å². The van der Waals surface area contributed by atoms with E-state index in [0.29, 0.717) is 0 Å². The molecule has 1 nitrogen and oxygen atoms in total. The molecule has 0 aromatic heterocycles. The van der Waals surface area contributed by atoms with Gasteiger partial charge in [0.2, 0.25) is 0 Å². The van der Waals surface area contributed by atoms with Crippen LogP contribution in [0.1, 0.15) is 11.1 Å². The van der Waals surface area contributed by atoms with Crippen LogP contribution in [0.15, 0.2) is 54.6 Å². The van der Waals surface area contributed by atoms with Gasteiger partial charge >= 0.3 is 0 Å².